The smallest absolute Gasteiger partial charge is 0.407 e. The number of amides is 1. The highest BCUT2D eigenvalue weighted by Crippen LogP contribution is 2.46. The van der Waals surface area contributed by atoms with Crippen molar-refractivity contribution in [1.82, 2.24) is 4.90 Å². The highest BCUT2D eigenvalue weighted by molar-refractivity contribution is 6.30. The number of likely N-dealkylation sites (tertiary alicyclic amines) is 1. The van der Waals surface area contributed by atoms with Crippen molar-refractivity contribution >= 4 is 17.7 Å². The fourth-order valence-corrected chi connectivity index (χ4v) is 3.84. The van der Waals surface area contributed by atoms with Crippen molar-refractivity contribution in [2.75, 3.05) is 19.7 Å². The number of hydrogen-bond donors (Lipinski definition) is 1. The molecule has 4 nitrogen and oxygen atoms in total. The highest BCUT2D eigenvalue weighted by Gasteiger charge is 2.45. The second-order valence-electron chi connectivity index (χ2n) is 5.89. The van der Waals surface area contributed by atoms with E-state index in [1.807, 2.05) is 12.1 Å². The van der Waals surface area contributed by atoms with Crippen LogP contribution in [-0.2, 0) is 10.3 Å². The van der Waals surface area contributed by atoms with Gasteiger partial charge in [-0.3, -0.25) is 0 Å². The Balaban J connectivity index is 1.82. The van der Waals surface area contributed by atoms with Crippen LogP contribution < -0.4 is 0 Å². The second-order valence-corrected chi connectivity index (χ2v) is 6.33. The summed E-state index contributed by atoms with van der Waals surface area (Å²) in [4.78, 5) is 12.6. The Morgan fingerprint density at radius 1 is 1.29 bits per heavy atom. The van der Waals surface area contributed by atoms with Gasteiger partial charge >= 0.3 is 6.09 Å². The first kappa shape index (κ1) is 14.7. The molecule has 1 atom stereocenters. The molecule has 1 unspecified atom stereocenters. The number of carboxylic acid groups (broad SMARTS) is 1. The molecule has 0 radical (unpaired) electrons. The van der Waals surface area contributed by atoms with Gasteiger partial charge in [-0.1, -0.05) is 23.7 Å². The third-order valence-corrected chi connectivity index (χ3v) is 5.06. The van der Waals surface area contributed by atoms with Crippen LogP contribution in [0.1, 0.15) is 31.2 Å². The summed E-state index contributed by atoms with van der Waals surface area (Å²) < 4.78 is 6.19. The minimum absolute atomic E-state index is 0.255. The molecule has 1 aromatic carbocycles. The maximum atomic E-state index is 11.0. The van der Waals surface area contributed by atoms with Gasteiger partial charge in [-0.05, 0) is 49.3 Å². The molecule has 5 heteroatoms. The highest BCUT2D eigenvalue weighted by atomic mass is 35.5. The average molecular weight is 310 g/mol. The van der Waals surface area contributed by atoms with E-state index in [2.05, 4.69) is 12.1 Å². The Kier molecular flexibility index (Phi) is 4.09. The van der Waals surface area contributed by atoms with Crippen LogP contribution in [-0.4, -0.2) is 35.8 Å². The number of rotatable bonds is 2. The zero-order valence-corrected chi connectivity index (χ0v) is 12.7. The van der Waals surface area contributed by atoms with Crippen LogP contribution >= 0.6 is 11.6 Å². The molecule has 0 aromatic heterocycles. The summed E-state index contributed by atoms with van der Waals surface area (Å²) in [5.41, 5.74) is 0.924. The Morgan fingerprint density at radius 3 is 2.48 bits per heavy atom. The number of piperidine rings is 1. The van der Waals surface area contributed by atoms with Gasteiger partial charge in [0.2, 0.25) is 0 Å². The van der Waals surface area contributed by atoms with Gasteiger partial charge in [0, 0.05) is 24.7 Å². The second kappa shape index (κ2) is 5.85. The van der Waals surface area contributed by atoms with Crippen molar-refractivity contribution in [3.05, 3.63) is 34.9 Å². The third kappa shape index (κ3) is 2.74. The van der Waals surface area contributed by atoms with Gasteiger partial charge in [0.1, 0.15) is 0 Å². The van der Waals surface area contributed by atoms with Crippen LogP contribution in [0.25, 0.3) is 0 Å². The molecule has 114 valence electrons. The van der Waals surface area contributed by atoms with E-state index >= 15 is 0 Å². The van der Waals surface area contributed by atoms with Crippen molar-refractivity contribution in [2.45, 2.75) is 31.3 Å². The summed E-state index contributed by atoms with van der Waals surface area (Å²) in [5, 5.41) is 9.81. The summed E-state index contributed by atoms with van der Waals surface area (Å²) in [6, 6.07) is 7.92. The molecule has 0 spiro atoms. The molecule has 2 heterocycles. The third-order valence-electron chi connectivity index (χ3n) is 4.81. The molecule has 21 heavy (non-hydrogen) atoms. The molecule has 2 aliphatic heterocycles. The standard InChI is InChI=1S/C16H20ClNO3/c17-14-4-2-12(3-5-14)16(8-1-11-21-16)13-6-9-18(10-7-13)15(19)20/h2-5,13H,1,6-11H2,(H,19,20). The van der Waals surface area contributed by atoms with E-state index in [0.29, 0.717) is 19.0 Å². The Hall–Kier alpha value is -1.26. The number of ether oxygens (including phenoxy) is 1. The van der Waals surface area contributed by atoms with Gasteiger partial charge in [-0.15, -0.1) is 0 Å². The first-order valence-corrected chi connectivity index (χ1v) is 7.87. The van der Waals surface area contributed by atoms with E-state index in [1.54, 1.807) is 0 Å². The molecule has 0 saturated carbocycles. The van der Waals surface area contributed by atoms with Crippen molar-refractivity contribution in [1.29, 1.82) is 0 Å². The lowest BCUT2D eigenvalue weighted by molar-refractivity contribution is -0.0671. The minimum Gasteiger partial charge on any atom is -0.465 e. The van der Waals surface area contributed by atoms with Crippen LogP contribution in [0.4, 0.5) is 4.79 Å². The first-order chi connectivity index (χ1) is 10.1. The first-order valence-electron chi connectivity index (χ1n) is 7.50. The molecule has 2 fully saturated rings. The number of halogens is 1. The molecule has 1 N–H and O–H groups in total. The number of hydrogen-bond acceptors (Lipinski definition) is 2. The van der Waals surface area contributed by atoms with Crippen LogP contribution in [0.5, 0.6) is 0 Å². The van der Waals surface area contributed by atoms with Crippen molar-refractivity contribution in [3.63, 3.8) is 0 Å². The lowest BCUT2D eigenvalue weighted by Crippen LogP contribution is -2.44. The van der Waals surface area contributed by atoms with E-state index in [9.17, 15) is 4.79 Å². The maximum Gasteiger partial charge on any atom is 0.407 e. The van der Waals surface area contributed by atoms with Crippen LogP contribution in [0.2, 0.25) is 5.02 Å². The fraction of sp³-hybridized carbons (Fsp3) is 0.562. The Labute approximate surface area is 129 Å². The van der Waals surface area contributed by atoms with Crippen LogP contribution in [0, 0.1) is 5.92 Å². The SMILES string of the molecule is O=C(O)N1CCC(C2(c3ccc(Cl)cc3)CCCO2)CC1. The topological polar surface area (TPSA) is 49.8 Å². The molecule has 2 saturated heterocycles. The average Bonchev–Trinajstić information content (AvgIpc) is 2.99. The van der Waals surface area contributed by atoms with Crippen LogP contribution in [0.15, 0.2) is 24.3 Å². The molecule has 0 aliphatic carbocycles. The van der Waals surface area contributed by atoms with E-state index < -0.39 is 6.09 Å². The lowest BCUT2D eigenvalue weighted by Gasteiger charge is -2.41. The minimum atomic E-state index is -0.818. The van der Waals surface area contributed by atoms with Gasteiger partial charge in [-0.2, -0.15) is 0 Å². The quantitative estimate of drug-likeness (QED) is 0.905. The fourth-order valence-electron chi connectivity index (χ4n) is 3.72. The zero-order valence-electron chi connectivity index (χ0n) is 11.9. The maximum absolute atomic E-state index is 11.0. The summed E-state index contributed by atoms with van der Waals surface area (Å²) in [5.74, 6) is 0.372. The monoisotopic (exact) mass is 309 g/mol. The predicted octanol–water partition coefficient (Wildman–Crippen LogP) is 3.74. The summed E-state index contributed by atoms with van der Waals surface area (Å²) in [6.45, 7) is 1.97. The van der Waals surface area contributed by atoms with Crippen LogP contribution in [0.3, 0.4) is 0 Å². The van der Waals surface area contributed by atoms with Crippen molar-refractivity contribution in [2.24, 2.45) is 5.92 Å². The summed E-state index contributed by atoms with van der Waals surface area (Å²) in [7, 11) is 0. The molecular weight excluding hydrogens is 290 g/mol. The number of carbonyl (C=O) groups is 1. The van der Waals surface area contributed by atoms with E-state index in [-0.39, 0.29) is 5.60 Å². The Bertz CT molecular complexity index is 503. The Morgan fingerprint density at radius 2 is 1.95 bits per heavy atom. The van der Waals surface area contributed by atoms with Gasteiger partial charge in [0.15, 0.2) is 0 Å². The molecule has 1 aromatic rings. The van der Waals surface area contributed by atoms with E-state index in [1.165, 1.54) is 10.5 Å². The van der Waals surface area contributed by atoms with Gasteiger partial charge in [0.05, 0.1) is 5.60 Å². The summed E-state index contributed by atoms with van der Waals surface area (Å²) >= 11 is 5.99. The molecular formula is C16H20ClNO3. The molecule has 0 bridgehead atoms. The molecule has 3 rings (SSSR count). The zero-order chi connectivity index (χ0) is 14.9. The summed E-state index contributed by atoms with van der Waals surface area (Å²) in [6.07, 6.45) is 2.96. The number of nitrogens with zero attached hydrogens (tertiary/aromatic N) is 1. The van der Waals surface area contributed by atoms with E-state index in [0.717, 1.165) is 37.3 Å². The normalized spacial score (nSPS) is 27.0. The van der Waals surface area contributed by atoms with Crippen molar-refractivity contribution < 1.29 is 14.6 Å². The number of benzene rings is 1. The van der Waals surface area contributed by atoms with Gasteiger partial charge in [0.25, 0.3) is 0 Å². The molecule has 2 aliphatic rings. The molecule has 1 amide bonds. The largest absolute Gasteiger partial charge is 0.465 e. The van der Waals surface area contributed by atoms with E-state index in [4.69, 9.17) is 21.4 Å². The van der Waals surface area contributed by atoms with Gasteiger partial charge < -0.3 is 14.7 Å². The van der Waals surface area contributed by atoms with Gasteiger partial charge in [-0.25, -0.2) is 4.79 Å². The predicted molar refractivity (Wildman–Crippen MR) is 80.6 cm³/mol. The lowest BCUT2D eigenvalue weighted by atomic mass is 9.74. The van der Waals surface area contributed by atoms with Crippen molar-refractivity contribution in [3.8, 4) is 0 Å².